The average Bonchev–Trinajstić information content (AvgIpc) is 2.87. The molecule has 0 aliphatic heterocycles. The summed E-state index contributed by atoms with van der Waals surface area (Å²) >= 11 is 0. The van der Waals surface area contributed by atoms with Gasteiger partial charge in [-0.25, -0.2) is 8.42 Å². The van der Waals surface area contributed by atoms with Crippen LogP contribution in [0.2, 0.25) is 0 Å². The fraction of sp³-hybridized carbons (Fsp3) is 0.269. The topological polar surface area (TPSA) is 94.2 Å². The lowest BCUT2D eigenvalue weighted by atomic mass is 10.1. The van der Waals surface area contributed by atoms with Gasteiger partial charge in [0.15, 0.2) is 0 Å². The first-order valence-electron chi connectivity index (χ1n) is 11.1. The lowest BCUT2D eigenvalue weighted by Gasteiger charge is -2.26. The number of anilines is 1. The van der Waals surface area contributed by atoms with Gasteiger partial charge in [-0.3, -0.25) is 9.10 Å². The highest BCUT2D eigenvalue weighted by atomic mass is 32.2. The molecule has 0 unspecified atom stereocenters. The Balaban J connectivity index is 1.88. The molecule has 1 N–H and O–H groups in total. The van der Waals surface area contributed by atoms with E-state index >= 15 is 0 Å². The summed E-state index contributed by atoms with van der Waals surface area (Å²) in [7, 11) is -1.15. The molecule has 3 aromatic rings. The van der Waals surface area contributed by atoms with Crippen LogP contribution < -0.4 is 23.8 Å². The van der Waals surface area contributed by atoms with Crippen molar-refractivity contribution in [2.45, 2.75) is 24.8 Å². The molecule has 0 spiro atoms. The van der Waals surface area contributed by atoms with Gasteiger partial charge in [0.05, 0.1) is 37.5 Å². The molecule has 9 heteroatoms. The van der Waals surface area contributed by atoms with Crippen molar-refractivity contribution >= 4 is 21.6 Å². The van der Waals surface area contributed by atoms with Gasteiger partial charge in [0.2, 0.25) is 5.91 Å². The number of rotatable bonds is 11. The van der Waals surface area contributed by atoms with Crippen molar-refractivity contribution < 1.29 is 27.4 Å². The Labute approximate surface area is 206 Å². The third-order valence-corrected chi connectivity index (χ3v) is 7.13. The molecule has 0 aliphatic rings. The number of ether oxygens (including phenoxy) is 3. The fourth-order valence-electron chi connectivity index (χ4n) is 3.53. The number of para-hydroxylation sites is 2. The number of nitrogens with zero attached hydrogens (tertiary/aromatic N) is 1. The summed E-state index contributed by atoms with van der Waals surface area (Å²) in [5.41, 5.74) is 1.12. The zero-order valence-corrected chi connectivity index (χ0v) is 21.0. The fourth-order valence-corrected chi connectivity index (χ4v) is 4.96. The molecule has 0 fully saturated rings. The third-order valence-electron chi connectivity index (χ3n) is 5.36. The lowest BCUT2D eigenvalue weighted by Crippen LogP contribution is -2.41. The second kappa shape index (κ2) is 11.6. The molecule has 1 amide bonds. The molecular formula is C26H30N2O6S. The van der Waals surface area contributed by atoms with Gasteiger partial charge in [-0.1, -0.05) is 24.3 Å². The van der Waals surface area contributed by atoms with Crippen LogP contribution in [0, 0.1) is 0 Å². The van der Waals surface area contributed by atoms with Gasteiger partial charge in [0, 0.05) is 0 Å². The van der Waals surface area contributed by atoms with E-state index in [0.717, 1.165) is 15.6 Å². The molecule has 0 bridgehead atoms. The van der Waals surface area contributed by atoms with Crippen LogP contribution in [-0.4, -0.2) is 41.7 Å². The van der Waals surface area contributed by atoms with Gasteiger partial charge < -0.3 is 19.5 Å². The first kappa shape index (κ1) is 25.9. The first-order valence-corrected chi connectivity index (χ1v) is 12.6. The van der Waals surface area contributed by atoms with E-state index in [1.54, 1.807) is 36.4 Å². The maximum atomic E-state index is 13.6. The maximum Gasteiger partial charge on any atom is 0.264 e. The number of benzene rings is 3. The van der Waals surface area contributed by atoms with Crippen LogP contribution in [0.4, 0.5) is 5.69 Å². The van der Waals surface area contributed by atoms with Crippen LogP contribution in [0.25, 0.3) is 0 Å². The zero-order chi connectivity index (χ0) is 25.4. The predicted octanol–water partition coefficient (Wildman–Crippen LogP) is 4.18. The molecule has 0 heterocycles. The van der Waals surface area contributed by atoms with Crippen molar-refractivity contribution in [1.29, 1.82) is 0 Å². The predicted molar refractivity (Wildman–Crippen MR) is 135 cm³/mol. The number of carbonyl (C=O) groups excluding carboxylic acids is 1. The van der Waals surface area contributed by atoms with E-state index in [9.17, 15) is 13.2 Å². The Morgan fingerprint density at radius 3 is 2.14 bits per heavy atom. The van der Waals surface area contributed by atoms with Gasteiger partial charge in [0.1, 0.15) is 23.8 Å². The summed E-state index contributed by atoms with van der Waals surface area (Å²) in [6.07, 6.45) is 0. The Kier molecular flexibility index (Phi) is 8.59. The summed E-state index contributed by atoms with van der Waals surface area (Å²) in [5, 5.41) is 2.88. The Morgan fingerprint density at radius 1 is 0.914 bits per heavy atom. The molecule has 0 radical (unpaired) electrons. The monoisotopic (exact) mass is 498 g/mol. The second-order valence-electron chi connectivity index (χ2n) is 7.65. The molecule has 186 valence electrons. The summed E-state index contributed by atoms with van der Waals surface area (Å²) in [6.45, 7) is 3.87. The Bertz CT molecular complexity index is 1230. The highest BCUT2D eigenvalue weighted by Gasteiger charge is 2.29. The number of methoxy groups -OCH3 is 2. The number of hydrogen-bond acceptors (Lipinski definition) is 6. The number of sulfonamides is 1. The van der Waals surface area contributed by atoms with E-state index in [0.29, 0.717) is 18.1 Å². The van der Waals surface area contributed by atoms with Crippen LogP contribution in [0.1, 0.15) is 25.5 Å². The van der Waals surface area contributed by atoms with Crippen LogP contribution in [0.15, 0.2) is 77.7 Å². The molecular weight excluding hydrogens is 468 g/mol. The standard InChI is InChI=1S/C26H30N2O6S/c1-5-34-22-12-10-20(11-13-22)19(2)27-26(29)18-28(24-8-6-7-9-25(24)33-4)35(30,31)23-16-14-21(32-3)15-17-23/h6-17,19H,5,18H2,1-4H3,(H,27,29)/t19-/m0/s1. The molecule has 0 saturated heterocycles. The zero-order valence-electron chi connectivity index (χ0n) is 20.2. The number of carbonyl (C=O) groups is 1. The highest BCUT2D eigenvalue weighted by molar-refractivity contribution is 7.92. The highest BCUT2D eigenvalue weighted by Crippen LogP contribution is 2.32. The van der Waals surface area contributed by atoms with E-state index in [2.05, 4.69) is 5.32 Å². The molecule has 0 aliphatic carbocycles. The summed E-state index contributed by atoms with van der Waals surface area (Å²) in [4.78, 5) is 13.1. The Morgan fingerprint density at radius 2 is 1.54 bits per heavy atom. The lowest BCUT2D eigenvalue weighted by molar-refractivity contribution is -0.120. The van der Waals surface area contributed by atoms with Gasteiger partial charge in [0.25, 0.3) is 10.0 Å². The molecule has 8 nitrogen and oxygen atoms in total. The normalized spacial score (nSPS) is 11.9. The number of nitrogens with one attached hydrogen (secondary N) is 1. The molecule has 0 aromatic heterocycles. The van der Waals surface area contributed by atoms with E-state index in [4.69, 9.17) is 14.2 Å². The minimum absolute atomic E-state index is 0.0246. The van der Waals surface area contributed by atoms with Gasteiger partial charge >= 0.3 is 0 Å². The Hall–Kier alpha value is -3.72. The molecule has 1 atom stereocenters. The molecule has 3 aromatic carbocycles. The largest absolute Gasteiger partial charge is 0.497 e. The van der Waals surface area contributed by atoms with E-state index < -0.39 is 22.5 Å². The van der Waals surface area contributed by atoms with Crippen molar-refractivity contribution in [2.75, 3.05) is 31.7 Å². The van der Waals surface area contributed by atoms with Gasteiger partial charge in [-0.15, -0.1) is 0 Å². The third kappa shape index (κ3) is 6.24. The van der Waals surface area contributed by atoms with Crippen molar-refractivity contribution in [3.8, 4) is 17.2 Å². The summed E-state index contributed by atoms with van der Waals surface area (Å²) in [6, 6.07) is 19.7. The maximum absolute atomic E-state index is 13.6. The van der Waals surface area contributed by atoms with Crippen LogP contribution in [0.3, 0.4) is 0 Å². The van der Waals surface area contributed by atoms with E-state index in [1.807, 2.05) is 38.1 Å². The van der Waals surface area contributed by atoms with Gasteiger partial charge in [-0.05, 0) is 67.9 Å². The van der Waals surface area contributed by atoms with Crippen LogP contribution in [0.5, 0.6) is 17.2 Å². The van der Waals surface area contributed by atoms with Crippen LogP contribution >= 0.6 is 0 Å². The SMILES string of the molecule is CCOc1ccc([C@H](C)NC(=O)CN(c2ccccc2OC)S(=O)(=O)c2ccc(OC)cc2)cc1. The molecule has 0 saturated carbocycles. The van der Waals surface area contributed by atoms with Crippen molar-refractivity contribution in [1.82, 2.24) is 5.32 Å². The first-order chi connectivity index (χ1) is 16.8. The second-order valence-corrected chi connectivity index (χ2v) is 9.51. The van der Waals surface area contributed by atoms with Gasteiger partial charge in [-0.2, -0.15) is 0 Å². The van der Waals surface area contributed by atoms with Crippen LogP contribution in [-0.2, 0) is 14.8 Å². The van der Waals surface area contributed by atoms with Crippen molar-refractivity contribution in [3.63, 3.8) is 0 Å². The number of hydrogen-bond donors (Lipinski definition) is 1. The summed E-state index contributed by atoms with van der Waals surface area (Å²) in [5.74, 6) is 1.13. The van der Waals surface area contributed by atoms with E-state index in [-0.39, 0.29) is 16.6 Å². The van der Waals surface area contributed by atoms with Crippen molar-refractivity contribution in [3.05, 3.63) is 78.4 Å². The molecule has 35 heavy (non-hydrogen) atoms. The smallest absolute Gasteiger partial charge is 0.264 e. The minimum Gasteiger partial charge on any atom is -0.497 e. The minimum atomic E-state index is -4.10. The van der Waals surface area contributed by atoms with E-state index in [1.165, 1.54) is 26.4 Å². The number of amides is 1. The quantitative estimate of drug-likeness (QED) is 0.426. The molecule has 3 rings (SSSR count). The average molecular weight is 499 g/mol. The summed E-state index contributed by atoms with van der Waals surface area (Å²) < 4.78 is 44.3. The van der Waals surface area contributed by atoms with Crippen molar-refractivity contribution in [2.24, 2.45) is 0 Å².